The van der Waals surface area contributed by atoms with Crippen molar-refractivity contribution < 1.29 is 33.7 Å². The summed E-state index contributed by atoms with van der Waals surface area (Å²) in [4.78, 5) is 13.8. The molecule has 2 bridgehead atoms. The molecule has 2 saturated carbocycles. The fourth-order valence-electron chi connectivity index (χ4n) is 8.85. The molecule has 214 valence electrons. The van der Waals surface area contributed by atoms with Crippen LogP contribution in [0.5, 0.6) is 0 Å². The number of ether oxygens (including phenoxy) is 3. The zero-order valence-corrected chi connectivity index (χ0v) is 24.4. The quantitative estimate of drug-likeness (QED) is 0.427. The van der Waals surface area contributed by atoms with Crippen molar-refractivity contribution in [3.05, 3.63) is 40.3 Å². The molecule has 9 atom stereocenters. The molecule has 1 aliphatic heterocycles. The number of carbonyl (C=O) groups excluding carboxylic acids is 1. The summed E-state index contributed by atoms with van der Waals surface area (Å²) in [7, 11) is 0. The van der Waals surface area contributed by atoms with E-state index in [4.69, 9.17) is 18.7 Å². The first kappa shape index (κ1) is 27.2. The maximum atomic E-state index is 13.8. The molecule has 1 spiro atoms. The molecule has 8 heteroatoms. The van der Waals surface area contributed by atoms with Crippen molar-refractivity contribution >= 4 is 5.97 Å². The van der Waals surface area contributed by atoms with Gasteiger partial charge in [0.15, 0.2) is 17.7 Å². The van der Waals surface area contributed by atoms with Crippen LogP contribution in [0.3, 0.4) is 0 Å². The third-order valence-corrected chi connectivity index (χ3v) is 10.9. The van der Waals surface area contributed by atoms with Gasteiger partial charge in [-0.15, -0.1) is 0 Å². The van der Waals surface area contributed by atoms with E-state index in [-0.39, 0.29) is 29.8 Å². The second-order valence-corrected chi connectivity index (χ2v) is 13.6. The van der Waals surface area contributed by atoms with Gasteiger partial charge in [0.05, 0.1) is 23.8 Å². The summed E-state index contributed by atoms with van der Waals surface area (Å²) in [6.07, 6.45) is 3.24. The fourth-order valence-corrected chi connectivity index (χ4v) is 8.85. The Bertz CT molecular complexity index is 1240. The lowest BCUT2D eigenvalue weighted by atomic mass is 9.58. The van der Waals surface area contributed by atoms with Crippen LogP contribution in [-0.4, -0.2) is 57.6 Å². The van der Waals surface area contributed by atoms with Crippen molar-refractivity contribution in [2.24, 2.45) is 34.5 Å². The van der Waals surface area contributed by atoms with E-state index < -0.39 is 41.1 Å². The Labute approximate surface area is 230 Å². The van der Waals surface area contributed by atoms with E-state index in [2.05, 4.69) is 32.0 Å². The standard InChI is InChI=1S/C31H43NO7/c1-9-20-22(21(10-2)39-32-20)27(34)37-25-15(3)13-30-16(4)11-19-23(28(19,5)6)18(24(30)33)12-17-14-36-29(7,8)38-26(17)31(25,30)35/h12-13,16,18-19,23-26,33,35H,9-11,14H2,1-8H3/t16-,18+,19-,23+,24?,25+,26-,30+,31-/m1/s1. The van der Waals surface area contributed by atoms with Crippen molar-refractivity contribution in [1.82, 2.24) is 5.16 Å². The van der Waals surface area contributed by atoms with E-state index in [1.807, 2.05) is 40.7 Å². The van der Waals surface area contributed by atoms with Crippen molar-refractivity contribution in [1.29, 1.82) is 0 Å². The van der Waals surface area contributed by atoms with Crippen LogP contribution >= 0.6 is 0 Å². The lowest BCUT2D eigenvalue weighted by Crippen LogP contribution is -2.69. The van der Waals surface area contributed by atoms with E-state index in [9.17, 15) is 15.0 Å². The smallest absolute Gasteiger partial charge is 0.344 e. The minimum atomic E-state index is -1.75. The number of nitrogens with zero attached hydrogens (tertiary/aromatic N) is 1. The van der Waals surface area contributed by atoms with Crippen LogP contribution in [0.2, 0.25) is 0 Å². The van der Waals surface area contributed by atoms with Gasteiger partial charge in [0.2, 0.25) is 0 Å². The SMILES string of the molecule is CCc1noc(CC)c1C(=O)O[C@H]1C(C)=C[C@]23C(O)[C@@H](C=C4COC(C)(C)O[C@H]4[C@]12O)[C@H]1[C@@H](C[C@H]3C)C1(C)C. The van der Waals surface area contributed by atoms with Gasteiger partial charge in [-0.1, -0.05) is 51.9 Å². The van der Waals surface area contributed by atoms with Gasteiger partial charge >= 0.3 is 5.97 Å². The summed E-state index contributed by atoms with van der Waals surface area (Å²) in [5.41, 5.74) is -0.356. The molecule has 3 fully saturated rings. The molecule has 2 heterocycles. The van der Waals surface area contributed by atoms with E-state index in [1.54, 1.807) is 0 Å². The molecule has 1 aromatic rings. The zero-order chi connectivity index (χ0) is 28.3. The Hall–Kier alpha value is -2.00. The Morgan fingerprint density at radius 3 is 2.59 bits per heavy atom. The molecular weight excluding hydrogens is 498 g/mol. The molecule has 2 N–H and O–H groups in total. The van der Waals surface area contributed by atoms with Gasteiger partial charge in [0.1, 0.15) is 17.3 Å². The van der Waals surface area contributed by atoms with Gasteiger partial charge in [0, 0.05) is 12.3 Å². The predicted octanol–water partition coefficient (Wildman–Crippen LogP) is 4.38. The van der Waals surface area contributed by atoms with E-state index in [0.29, 0.717) is 41.4 Å². The number of esters is 1. The molecule has 1 unspecified atom stereocenters. The van der Waals surface area contributed by atoms with Gasteiger partial charge in [-0.25, -0.2) is 4.79 Å². The highest BCUT2D eigenvalue weighted by Gasteiger charge is 2.77. The lowest BCUT2D eigenvalue weighted by molar-refractivity contribution is -0.312. The summed E-state index contributed by atoms with van der Waals surface area (Å²) in [5.74, 6) is -0.633. The van der Waals surface area contributed by atoms with Gasteiger partial charge in [-0.05, 0) is 67.9 Å². The second kappa shape index (κ2) is 8.51. The number of hydrogen-bond acceptors (Lipinski definition) is 8. The van der Waals surface area contributed by atoms with E-state index in [0.717, 1.165) is 12.0 Å². The highest BCUT2D eigenvalue weighted by molar-refractivity contribution is 5.92. The number of aliphatic hydroxyl groups is 2. The van der Waals surface area contributed by atoms with Crippen LogP contribution in [0.15, 0.2) is 27.8 Å². The summed E-state index contributed by atoms with van der Waals surface area (Å²) in [5, 5.41) is 29.6. The minimum Gasteiger partial charge on any atom is -0.451 e. The van der Waals surface area contributed by atoms with Crippen molar-refractivity contribution in [3.63, 3.8) is 0 Å². The molecule has 4 aliphatic carbocycles. The Balaban J connectivity index is 1.51. The number of rotatable bonds is 4. The molecule has 8 nitrogen and oxygen atoms in total. The summed E-state index contributed by atoms with van der Waals surface area (Å²) in [6.45, 7) is 16.3. The van der Waals surface area contributed by atoms with Crippen LogP contribution in [0.4, 0.5) is 0 Å². The number of carbonyl (C=O) groups is 1. The Kier molecular flexibility index (Phi) is 5.93. The van der Waals surface area contributed by atoms with Gasteiger partial charge in [-0.3, -0.25) is 0 Å². The number of fused-ring (bicyclic) bond motifs is 5. The topological polar surface area (TPSA) is 111 Å². The van der Waals surface area contributed by atoms with Crippen LogP contribution in [0.1, 0.15) is 83.6 Å². The number of aryl methyl sites for hydroxylation is 2. The summed E-state index contributed by atoms with van der Waals surface area (Å²) >= 11 is 0. The van der Waals surface area contributed by atoms with E-state index >= 15 is 0 Å². The molecular formula is C31H43NO7. The average molecular weight is 542 g/mol. The first-order valence-electron chi connectivity index (χ1n) is 14.5. The first-order chi connectivity index (χ1) is 18.2. The van der Waals surface area contributed by atoms with Crippen LogP contribution < -0.4 is 0 Å². The lowest BCUT2D eigenvalue weighted by Gasteiger charge is -2.55. The monoisotopic (exact) mass is 541 g/mol. The highest BCUT2D eigenvalue weighted by atomic mass is 16.7. The average Bonchev–Trinajstić information content (AvgIpc) is 3.15. The maximum absolute atomic E-state index is 13.8. The first-order valence-corrected chi connectivity index (χ1v) is 14.5. The molecule has 6 rings (SSSR count). The maximum Gasteiger partial charge on any atom is 0.344 e. The fraction of sp³-hybridized carbons (Fsp3) is 0.742. The van der Waals surface area contributed by atoms with Crippen LogP contribution in [0, 0.1) is 34.5 Å². The van der Waals surface area contributed by atoms with Crippen molar-refractivity contribution in [2.75, 3.05) is 6.61 Å². The molecule has 0 aromatic carbocycles. The van der Waals surface area contributed by atoms with Gasteiger partial charge in [-0.2, -0.15) is 0 Å². The predicted molar refractivity (Wildman–Crippen MR) is 143 cm³/mol. The largest absolute Gasteiger partial charge is 0.451 e. The van der Waals surface area contributed by atoms with Gasteiger partial charge in [0.25, 0.3) is 0 Å². The number of hydrogen-bond donors (Lipinski definition) is 2. The van der Waals surface area contributed by atoms with Gasteiger partial charge < -0.3 is 28.9 Å². The highest BCUT2D eigenvalue weighted by Crippen LogP contribution is 2.73. The number of aromatic nitrogens is 1. The third-order valence-electron chi connectivity index (χ3n) is 10.9. The van der Waals surface area contributed by atoms with Crippen LogP contribution in [-0.2, 0) is 27.1 Å². The molecule has 0 radical (unpaired) electrons. The van der Waals surface area contributed by atoms with Crippen molar-refractivity contribution in [2.45, 2.75) is 104 Å². The summed E-state index contributed by atoms with van der Waals surface area (Å²) in [6, 6.07) is 0. The normalized spacial score (nSPS) is 43.2. The Morgan fingerprint density at radius 2 is 1.92 bits per heavy atom. The molecule has 5 aliphatic rings. The third kappa shape index (κ3) is 3.44. The second-order valence-electron chi connectivity index (χ2n) is 13.6. The van der Waals surface area contributed by atoms with Crippen LogP contribution in [0.25, 0.3) is 0 Å². The molecule has 0 amide bonds. The Morgan fingerprint density at radius 1 is 1.21 bits per heavy atom. The van der Waals surface area contributed by atoms with Crippen molar-refractivity contribution in [3.8, 4) is 0 Å². The number of aliphatic hydroxyl groups excluding tert-OH is 1. The minimum absolute atomic E-state index is 0.0919. The molecule has 1 saturated heterocycles. The zero-order valence-electron chi connectivity index (χ0n) is 24.4. The summed E-state index contributed by atoms with van der Waals surface area (Å²) < 4.78 is 24.3. The molecule has 39 heavy (non-hydrogen) atoms. The molecule has 1 aromatic heterocycles. The van der Waals surface area contributed by atoms with E-state index in [1.165, 1.54) is 0 Å².